The molecule has 0 spiro atoms. The standard InChI is InChI=1S/C6H17N3O/c7-1-2-8-3-4-9-5-6-10/h8-10H,1-7H2. The summed E-state index contributed by atoms with van der Waals surface area (Å²) in [5.74, 6) is 0. The summed E-state index contributed by atoms with van der Waals surface area (Å²) in [6, 6.07) is 0. The van der Waals surface area contributed by atoms with E-state index in [1.807, 2.05) is 0 Å². The van der Waals surface area contributed by atoms with Gasteiger partial charge in [0, 0.05) is 32.7 Å². The van der Waals surface area contributed by atoms with Gasteiger partial charge in [-0.05, 0) is 0 Å². The van der Waals surface area contributed by atoms with Crippen molar-refractivity contribution in [1.29, 1.82) is 0 Å². The van der Waals surface area contributed by atoms with E-state index in [0.717, 1.165) is 19.6 Å². The lowest BCUT2D eigenvalue weighted by molar-refractivity contribution is 0.292. The molecule has 0 rings (SSSR count). The molecule has 0 atom stereocenters. The highest BCUT2D eigenvalue weighted by atomic mass is 16.3. The number of hydrogen-bond donors (Lipinski definition) is 4. The Morgan fingerprint density at radius 3 is 2.10 bits per heavy atom. The molecule has 0 aromatic rings. The van der Waals surface area contributed by atoms with Crippen LogP contribution in [0.15, 0.2) is 0 Å². The fourth-order valence-electron chi connectivity index (χ4n) is 0.608. The molecule has 4 nitrogen and oxygen atoms in total. The van der Waals surface area contributed by atoms with Crippen molar-refractivity contribution in [2.24, 2.45) is 5.73 Å². The fraction of sp³-hybridized carbons (Fsp3) is 1.00. The van der Waals surface area contributed by atoms with Crippen LogP contribution in [0.5, 0.6) is 0 Å². The molecule has 0 aromatic carbocycles. The summed E-state index contributed by atoms with van der Waals surface area (Å²) in [5.41, 5.74) is 5.25. The van der Waals surface area contributed by atoms with Crippen molar-refractivity contribution in [3.63, 3.8) is 0 Å². The lowest BCUT2D eigenvalue weighted by Gasteiger charge is -2.02. The quantitative estimate of drug-likeness (QED) is 0.318. The maximum absolute atomic E-state index is 8.37. The van der Waals surface area contributed by atoms with E-state index in [2.05, 4.69) is 10.6 Å². The van der Waals surface area contributed by atoms with Gasteiger partial charge >= 0.3 is 0 Å². The molecule has 0 bridgehead atoms. The first-order valence-electron chi connectivity index (χ1n) is 3.64. The highest BCUT2D eigenvalue weighted by Gasteiger charge is 1.84. The highest BCUT2D eigenvalue weighted by Crippen LogP contribution is 1.58. The Bertz CT molecular complexity index is 53.0. The molecule has 10 heavy (non-hydrogen) atoms. The van der Waals surface area contributed by atoms with E-state index in [9.17, 15) is 0 Å². The second-order valence-electron chi connectivity index (χ2n) is 2.01. The van der Waals surface area contributed by atoms with Crippen LogP contribution in [0.25, 0.3) is 0 Å². The van der Waals surface area contributed by atoms with Crippen molar-refractivity contribution in [3.8, 4) is 0 Å². The number of aliphatic hydroxyl groups is 1. The molecule has 0 amide bonds. The summed E-state index contributed by atoms with van der Waals surface area (Å²) in [7, 11) is 0. The van der Waals surface area contributed by atoms with Crippen LogP contribution in [0, 0.1) is 0 Å². The van der Waals surface area contributed by atoms with Gasteiger partial charge in [-0.1, -0.05) is 0 Å². The molecule has 62 valence electrons. The van der Waals surface area contributed by atoms with Gasteiger partial charge in [0.1, 0.15) is 0 Å². The Kier molecular flexibility index (Phi) is 8.70. The molecule has 0 fully saturated rings. The van der Waals surface area contributed by atoms with Gasteiger partial charge in [-0.15, -0.1) is 0 Å². The Labute approximate surface area is 61.8 Å². The molecule has 5 N–H and O–H groups in total. The van der Waals surface area contributed by atoms with Gasteiger partial charge in [-0.3, -0.25) is 0 Å². The van der Waals surface area contributed by atoms with E-state index < -0.39 is 0 Å². The molecule has 0 aromatic heterocycles. The summed E-state index contributed by atoms with van der Waals surface area (Å²) < 4.78 is 0. The van der Waals surface area contributed by atoms with Crippen LogP contribution >= 0.6 is 0 Å². The van der Waals surface area contributed by atoms with Crippen molar-refractivity contribution in [2.45, 2.75) is 0 Å². The minimum Gasteiger partial charge on any atom is -0.395 e. The van der Waals surface area contributed by atoms with Gasteiger partial charge in [0.05, 0.1) is 6.61 Å². The number of hydrogen-bond acceptors (Lipinski definition) is 4. The predicted octanol–water partition coefficient (Wildman–Crippen LogP) is -1.88. The predicted molar refractivity (Wildman–Crippen MR) is 41.9 cm³/mol. The van der Waals surface area contributed by atoms with Gasteiger partial charge < -0.3 is 21.5 Å². The van der Waals surface area contributed by atoms with Crippen LogP contribution in [0.4, 0.5) is 0 Å². The van der Waals surface area contributed by atoms with Gasteiger partial charge in [0.2, 0.25) is 0 Å². The molecular formula is C6H17N3O. The van der Waals surface area contributed by atoms with E-state index in [1.165, 1.54) is 0 Å². The zero-order valence-corrected chi connectivity index (χ0v) is 6.27. The van der Waals surface area contributed by atoms with E-state index >= 15 is 0 Å². The molecule has 0 aliphatic rings. The largest absolute Gasteiger partial charge is 0.395 e. The highest BCUT2D eigenvalue weighted by molar-refractivity contribution is 4.50. The smallest absolute Gasteiger partial charge is 0.0555 e. The van der Waals surface area contributed by atoms with E-state index in [4.69, 9.17) is 10.8 Å². The van der Waals surface area contributed by atoms with Gasteiger partial charge in [-0.25, -0.2) is 0 Å². The van der Waals surface area contributed by atoms with E-state index in [0.29, 0.717) is 13.1 Å². The molecule has 0 aliphatic heterocycles. The van der Waals surface area contributed by atoms with Crippen molar-refractivity contribution < 1.29 is 5.11 Å². The van der Waals surface area contributed by atoms with Crippen LogP contribution in [-0.4, -0.2) is 44.4 Å². The van der Waals surface area contributed by atoms with Gasteiger partial charge in [-0.2, -0.15) is 0 Å². The summed E-state index contributed by atoms with van der Waals surface area (Å²) in [5, 5.41) is 14.5. The Hall–Kier alpha value is -0.160. The molecule has 0 saturated carbocycles. The molecule has 4 heteroatoms. The maximum Gasteiger partial charge on any atom is 0.0555 e. The number of rotatable bonds is 7. The van der Waals surface area contributed by atoms with Gasteiger partial charge in [0.25, 0.3) is 0 Å². The summed E-state index contributed by atoms with van der Waals surface area (Å²) >= 11 is 0. The lowest BCUT2D eigenvalue weighted by Crippen LogP contribution is -2.31. The Morgan fingerprint density at radius 1 is 1.00 bits per heavy atom. The Balaban J connectivity index is 2.65. The van der Waals surface area contributed by atoms with Crippen molar-refractivity contribution >= 4 is 0 Å². The summed E-state index contributed by atoms with van der Waals surface area (Å²) in [4.78, 5) is 0. The lowest BCUT2D eigenvalue weighted by atomic mass is 10.5. The topological polar surface area (TPSA) is 70.3 Å². The number of aliphatic hydroxyl groups excluding tert-OH is 1. The maximum atomic E-state index is 8.37. The number of nitrogens with two attached hydrogens (primary N) is 1. The monoisotopic (exact) mass is 147 g/mol. The first kappa shape index (κ1) is 9.84. The minimum atomic E-state index is 0.205. The molecule has 0 radical (unpaired) electrons. The van der Waals surface area contributed by atoms with E-state index in [-0.39, 0.29) is 6.61 Å². The zero-order valence-electron chi connectivity index (χ0n) is 6.27. The Morgan fingerprint density at radius 2 is 1.60 bits per heavy atom. The third-order valence-electron chi connectivity index (χ3n) is 1.09. The third-order valence-corrected chi connectivity index (χ3v) is 1.09. The van der Waals surface area contributed by atoms with Gasteiger partial charge in [0.15, 0.2) is 0 Å². The van der Waals surface area contributed by atoms with Crippen molar-refractivity contribution in [2.75, 3.05) is 39.3 Å². The molecular weight excluding hydrogens is 130 g/mol. The van der Waals surface area contributed by atoms with Crippen LogP contribution in [0.2, 0.25) is 0 Å². The number of nitrogens with one attached hydrogen (secondary N) is 2. The first-order valence-corrected chi connectivity index (χ1v) is 3.64. The van der Waals surface area contributed by atoms with Crippen LogP contribution in [0.3, 0.4) is 0 Å². The zero-order chi connectivity index (χ0) is 7.66. The molecule has 0 unspecified atom stereocenters. The van der Waals surface area contributed by atoms with Crippen LogP contribution in [0.1, 0.15) is 0 Å². The third kappa shape index (κ3) is 7.84. The second-order valence-corrected chi connectivity index (χ2v) is 2.01. The minimum absolute atomic E-state index is 0.205. The SMILES string of the molecule is NCCNCCNCCO. The van der Waals surface area contributed by atoms with Crippen molar-refractivity contribution in [1.82, 2.24) is 10.6 Å². The fourth-order valence-corrected chi connectivity index (χ4v) is 0.608. The average molecular weight is 147 g/mol. The van der Waals surface area contributed by atoms with Crippen LogP contribution < -0.4 is 16.4 Å². The molecule has 0 heterocycles. The molecule has 0 saturated heterocycles. The summed E-state index contributed by atoms with van der Waals surface area (Å²) in [6.45, 7) is 4.22. The first-order chi connectivity index (χ1) is 4.91. The van der Waals surface area contributed by atoms with Crippen LogP contribution in [-0.2, 0) is 0 Å². The normalized spacial score (nSPS) is 10.2. The average Bonchev–Trinajstić information content (AvgIpc) is 1.97. The summed E-state index contributed by atoms with van der Waals surface area (Å²) in [6.07, 6.45) is 0. The molecule has 0 aliphatic carbocycles. The van der Waals surface area contributed by atoms with E-state index in [1.54, 1.807) is 0 Å². The van der Waals surface area contributed by atoms with Crippen molar-refractivity contribution in [3.05, 3.63) is 0 Å². The second kappa shape index (κ2) is 8.84.